The van der Waals surface area contributed by atoms with Crippen molar-refractivity contribution in [1.29, 1.82) is 0 Å². The smallest absolute Gasteiger partial charge is 0.321 e. The van der Waals surface area contributed by atoms with Crippen LogP contribution in [0.15, 0.2) is 47.1 Å². The normalized spacial score (nSPS) is 22.9. The van der Waals surface area contributed by atoms with E-state index in [1.165, 1.54) is 37.6 Å². The zero-order valence-electron chi connectivity index (χ0n) is 12.6. The SMILES string of the molecule is COC(=O)[C@]1(c2ccc([N+](=O)[O-])cc2)CC(=O)O[C@H]1c1ccco1. The van der Waals surface area contributed by atoms with Crippen LogP contribution in [0.3, 0.4) is 0 Å². The summed E-state index contributed by atoms with van der Waals surface area (Å²) in [4.78, 5) is 34.8. The van der Waals surface area contributed by atoms with Gasteiger partial charge in [-0.05, 0) is 17.7 Å². The summed E-state index contributed by atoms with van der Waals surface area (Å²) in [5.74, 6) is -0.964. The fourth-order valence-electron chi connectivity index (χ4n) is 2.95. The highest BCUT2D eigenvalue weighted by molar-refractivity contribution is 5.92. The van der Waals surface area contributed by atoms with Crippen molar-refractivity contribution >= 4 is 17.6 Å². The van der Waals surface area contributed by atoms with Crippen LogP contribution in [0.1, 0.15) is 23.8 Å². The van der Waals surface area contributed by atoms with Gasteiger partial charge in [-0.1, -0.05) is 12.1 Å². The first-order chi connectivity index (χ1) is 11.5. The second-order valence-electron chi connectivity index (χ2n) is 5.33. The fourth-order valence-corrected chi connectivity index (χ4v) is 2.95. The molecular formula is C16H13NO7. The summed E-state index contributed by atoms with van der Waals surface area (Å²) < 4.78 is 15.5. The van der Waals surface area contributed by atoms with Crippen molar-refractivity contribution in [2.75, 3.05) is 7.11 Å². The van der Waals surface area contributed by atoms with Gasteiger partial charge >= 0.3 is 11.9 Å². The third kappa shape index (κ3) is 2.32. The van der Waals surface area contributed by atoms with Crippen LogP contribution in [0, 0.1) is 10.1 Å². The molecule has 1 aliphatic rings. The summed E-state index contributed by atoms with van der Waals surface area (Å²) in [6.45, 7) is 0. The van der Waals surface area contributed by atoms with Crippen molar-refractivity contribution in [3.8, 4) is 0 Å². The molecule has 0 bridgehead atoms. The second-order valence-corrected chi connectivity index (χ2v) is 5.33. The van der Waals surface area contributed by atoms with Gasteiger partial charge in [-0.2, -0.15) is 0 Å². The van der Waals surface area contributed by atoms with Crippen molar-refractivity contribution in [3.05, 3.63) is 64.1 Å². The van der Waals surface area contributed by atoms with E-state index in [1.807, 2.05) is 0 Å². The fraction of sp³-hybridized carbons (Fsp3) is 0.250. The molecule has 3 rings (SSSR count). The average molecular weight is 331 g/mol. The van der Waals surface area contributed by atoms with E-state index in [4.69, 9.17) is 13.9 Å². The molecule has 1 saturated heterocycles. The number of esters is 2. The number of nitro groups is 1. The zero-order valence-corrected chi connectivity index (χ0v) is 12.6. The molecule has 24 heavy (non-hydrogen) atoms. The van der Waals surface area contributed by atoms with Gasteiger partial charge in [0, 0.05) is 12.1 Å². The zero-order chi connectivity index (χ0) is 17.3. The van der Waals surface area contributed by atoms with Crippen LogP contribution in [0.5, 0.6) is 0 Å². The van der Waals surface area contributed by atoms with Gasteiger partial charge in [-0.25, -0.2) is 0 Å². The molecule has 1 aromatic carbocycles. The number of carbonyl (C=O) groups is 2. The van der Waals surface area contributed by atoms with Crippen LogP contribution in [-0.2, 0) is 24.5 Å². The lowest BCUT2D eigenvalue weighted by Gasteiger charge is -2.29. The number of non-ortho nitro benzene ring substituents is 1. The molecule has 1 aliphatic heterocycles. The standard InChI is InChI=1S/C16H13NO7/c1-22-15(19)16(10-4-6-11(7-5-10)17(20)21)9-13(18)24-14(16)12-3-2-8-23-12/h2-8,14H,9H2,1H3/t14-,16-/m0/s1. The van der Waals surface area contributed by atoms with Crippen molar-refractivity contribution in [2.24, 2.45) is 0 Å². The quantitative estimate of drug-likeness (QED) is 0.480. The van der Waals surface area contributed by atoms with Crippen molar-refractivity contribution in [2.45, 2.75) is 17.9 Å². The third-order valence-electron chi connectivity index (χ3n) is 4.06. The first kappa shape index (κ1) is 15.7. The number of nitrogens with zero attached hydrogens (tertiary/aromatic N) is 1. The van der Waals surface area contributed by atoms with Crippen molar-refractivity contribution in [3.63, 3.8) is 0 Å². The minimum absolute atomic E-state index is 0.126. The number of cyclic esters (lactones) is 1. The molecule has 8 heteroatoms. The molecule has 2 heterocycles. The number of hydrogen-bond donors (Lipinski definition) is 0. The maximum Gasteiger partial charge on any atom is 0.321 e. The number of ether oxygens (including phenoxy) is 2. The molecule has 0 amide bonds. The lowest BCUT2D eigenvalue weighted by Crippen LogP contribution is -2.39. The summed E-state index contributed by atoms with van der Waals surface area (Å²) in [7, 11) is 1.21. The average Bonchev–Trinajstić information content (AvgIpc) is 3.22. The van der Waals surface area contributed by atoms with E-state index < -0.39 is 28.4 Å². The molecule has 0 N–H and O–H groups in total. The van der Waals surface area contributed by atoms with Crippen molar-refractivity contribution in [1.82, 2.24) is 0 Å². The Labute approximate surface area is 136 Å². The molecule has 2 atom stereocenters. The van der Waals surface area contributed by atoms with Gasteiger partial charge in [0.05, 0.1) is 24.7 Å². The molecule has 0 spiro atoms. The van der Waals surface area contributed by atoms with Crippen molar-refractivity contribution < 1.29 is 28.4 Å². The van der Waals surface area contributed by atoms with E-state index in [9.17, 15) is 19.7 Å². The predicted molar refractivity (Wildman–Crippen MR) is 78.9 cm³/mol. The van der Waals surface area contributed by atoms with E-state index in [1.54, 1.807) is 12.1 Å². The number of benzene rings is 1. The highest BCUT2D eigenvalue weighted by atomic mass is 16.6. The molecular weight excluding hydrogens is 318 g/mol. The number of rotatable bonds is 4. The molecule has 0 aliphatic carbocycles. The van der Waals surface area contributed by atoms with E-state index in [0.29, 0.717) is 11.3 Å². The topological polar surface area (TPSA) is 109 Å². The predicted octanol–water partition coefficient (Wildman–Crippen LogP) is 2.29. The van der Waals surface area contributed by atoms with Crippen LogP contribution in [0.25, 0.3) is 0 Å². The van der Waals surface area contributed by atoms with E-state index in [-0.39, 0.29) is 12.1 Å². The van der Waals surface area contributed by atoms with Gasteiger partial charge in [0.25, 0.3) is 5.69 Å². The third-order valence-corrected chi connectivity index (χ3v) is 4.06. The Bertz CT molecular complexity index is 781. The van der Waals surface area contributed by atoms with Crippen LogP contribution >= 0.6 is 0 Å². The lowest BCUT2D eigenvalue weighted by molar-refractivity contribution is -0.384. The first-order valence-electron chi connectivity index (χ1n) is 7.05. The minimum Gasteiger partial charge on any atom is -0.468 e. The largest absolute Gasteiger partial charge is 0.468 e. The highest BCUT2D eigenvalue weighted by Crippen LogP contribution is 2.49. The Balaban J connectivity index is 2.15. The summed E-state index contributed by atoms with van der Waals surface area (Å²) in [6, 6.07) is 8.58. The second kappa shape index (κ2) is 5.80. The molecule has 0 saturated carbocycles. The first-order valence-corrected chi connectivity index (χ1v) is 7.05. The van der Waals surface area contributed by atoms with Crippen LogP contribution in [-0.4, -0.2) is 24.0 Å². The molecule has 2 aromatic rings. The van der Waals surface area contributed by atoms with Gasteiger partial charge in [-0.3, -0.25) is 19.7 Å². The minimum atomic E-state index is -1.46. The van der Waals surface area contributed by atoms with Gasteiger partial charge in [0.15, 0.2) is 6.10 Å². The summed E-state index contributed by atoms with van der Waals surface area (Å²) >= 11 is 0. The number of hydrogen-bond acceptors (Lipinski definition) is 7. The monoisotopic (exact) mass is 331 g/mol. The van der Waals surface area contributed by atoms with Crippen LogP contribution in [0.4, 0.5) is 5.69 Å². The summed E-state index contributed by atoms with van der Waals surface area (Å²) in [6.07, 6.45) is 0.149. The molecule has 0 radical (unpaired) electrons. The Morgan fingerprint density at radius 2 is 2.04 bits per heavy atom. The van der Waals surface area contributed by atoms with Gasteiger partial charge in [0.2, 0.25) is 0 Å². The molecule has 1 fully saturated rings. The maximum absolute atomic E-state index is 12.6. The van der Waals surface area contributed by atoms with E-state index in [2.05, 4.69) is 0 Å². The molecule has 124 valence electrons. The lowest BCUT2D eigenvalue weighted by atomic mass is 9.73. The van der Waals surface area contributed by atoms with Crippen LogP contribution in [0.2, 0.25) is 0 Å². The number of nitro benzene ring substituents is 1. The number of carbonyl (C=O) groups excluding carboxylic acids is 2. The highest BCUT2D eigenvalue weighted by Gasteiger charge is 2.58. The van der Waals surface area contributed by atoms with E-state index in [0.717, 1.165) is 0 Å². The Hall–Kier alpha value is -3.16. The summed E-state index contributed by atoms with van der Waals surface area (Å²) in [5.41, 5.74) is -1.20. The van der Waals surface area contributed by atoms with E-state index >= 15 is 0 Å². The Morgan fingerprint density at radius 1 is 1.33 bits per heavy atom. The summed E-state index contributed by atoms with van der Waals surface area (Å²) in [5, 5.41) is 10.8. The molecule has 8 nitrogen and oxygen atoms in total. The Kier molecular flexibility index (Phi) is 3.80. The van der Waals surface area contributed by atoms with Gasteiger partial charge in [-0.15, -0.1) is 0 Å². The number of methoxy groups -OCH3 is 1. The Morgan fingerprint density at radius 3 is 2.58 bits per heavy atom. The molecule has 0 unspecified atom stereocenters. The van der Waals surface area contributed by atoms with Gasteiger partial charge < -0.3 is 13.9 Å². The van der Waals surface area contributed by atoms with Gasteiger partial charge in [0.1, 0.15) is 11.2 Å². The maximum atomic E-state index is 12.6. The number of furan rings is 1. The van der Waals surface area contributed by atoms with Crippen LogP contribution < -0.4 is 0 Å². The molecule has 1 aromatic heterocycles.